The largest absolute Gasteiger partial charge is 0.480 e. The summed E-state index contributed by atoms with van der Waals surface area (Å²) in [7, 11) is 6.93. The number of hydrogen-bond donors (Lipinski definition) is 1. The van der Waals surface area contributed by atoms with E-state index in [1.54, 1.807) is 33.1 Å². The minimum Gasteiger partial charge on any atom is -0.480 e. The molecule has 0 aliphatic carbocycles. The zero-order valence-corrected chi connectivity index (χ0v) is 10.4. The molecule has 15 heavy (non-hydrogen) atoms. The highest BCUT2D eigenvalue weighted by molar-refractivity contribution is 5.73. The topological polar surface area (TPSA) is 60.9 Å². The van der Waals surface area contributed by atoms with Crippen LogP contribution in [0, 0.1) is 5.92 Å². The van der Waals surface area contributed by atoms with Crippen LogP contribution in [-0.2, 0) is 9.59 Å². The smallest absolute Gasteiger partial charge is 0.321 e. The predicted molar refractivity (Wildman–Crippen MR) is 59.7 cm³/mol. The number of likely N-dealkylation sites (N-methyl/N-ethyl adjacent to an activating group) is 1. The highest BCUT2D eigenvalue weighted by Crippen LogP contribution is 2.06. The Morgan fingerprint density at radius 2 is 1.53 bits per heavy atom. The third kappa shape index (κ3) is 9.21. The zero-order chi connectivity index (χ0) is 12.6. The van der Waals surface area contributed by atoms with Crippen molar-refractivity contribution >= 4 is 12.4 Å². The van der Waals surface area contributed by atoms with E-state index in [-0.39, 0.29) is 12.0 Å². The van der Waals surface area contributed by atoms with Crippen LogP contribution in [0.2, 0.25) is 0 Å². The molecule has 90 valence electrons. The molecule has 5 nitrogen and oxygen atoms in total. The molecule has 1 N–H and O–H groups in total. The molecule has 0 aromatic carbocycles. The summed E-state index contributed by atoms with van der Waals surface area (Å²) in [6, 6.07) is -0.361. The molecule has 0 fully saturated rings. The summed E-state index contributed by atoms with van der Waals surface area (Å²) in [5.74, 6) is -0.590. The number of nitrogens with zero attached hydrogens (tertiary/aromatic N) is 2. The highest BCUT2D eigenvalue weighted by atomic mass is 16.4. The molecule has 1 amide bonds. The zero-order valence-electron chi connectivity index (χ0n) is 10.4. The molecule has 0 aliphatic heterocycles. The molecule has 0 rings (SSSR count). The fourth-order valence-electron chi connectivity index (χ4n) is 1.10. The second kappa shape index (κ2) is 8.23. The van der Waals surface area contributed by atoms with E-state index >= 15 is 0 Å². The summed E-state index contributed by atoms with van der Waals surface area (Å²) in [6.07, 6.45) is 0.750. The average molecular weight is 218 g/mol. The Balaban J connectivity index is 0. The van der Waals surface area contributed by atoms with Crippen molar-refractivity contribution in [3.05, 3.63) is 0 Å². The second-order valence-electron chi connectivity index (χ2n) is 4.06. The van der Waals surface area contributed by atoms with Gasteiger partial charge in [0.05, 0.1) is 0 Å². The van der Waals surface area contributed by atoms with Crippen molar-refractivity contribution in [3.8, 4) is 0 Å². The van der Waals surface area contributed by atoms with Gasteiger partial charge in [-0.2, -0.15) is 0 Å². The molecule has 5 heteroatoms. The van der Waals surface area contributed by atoms with Crippen LogP contribution in [-0.4, -0.2) is 61.5 Å². The van der Waals surface area contributed by atoms with E-state index in [0.29, 0.717) is 0 Å². The van der Waals surface area contributed by atoms with Gasteiger partial charge in [0.25, 0.3) is 0 Å². The molecule has 0 spiro atoms. The molecule has 0 aromatic rings. The fourth-order valence-corrected chi connectivity index (χ4v) is 1.10. The van der Waals surface area contributed by atoms with Crippen LogP contribution >= 0.6 is 0 Å². The van der Waals surface area contributed by atoms with Crippen molar-refractivity contribution in [1.82, 2.24) is 9.80 Å². The number of aliphatic carboxylic acids is 1. The van der Waals surface area contributed by atoms with Gasteiger partial charge >= 0.3 is 5.97 Å². The summed E-state index contributed by atoms with van der Waals surface area (Å²) in [4.78, 5) is 23.1. The Bertz CT molecular complexity index is 183. The molecule has 0 aromatic heterocycles. The van der Waals surface area contributed by atoms with Gasteiger partial charge in [0.15, 0.2) is 0 Å². The van der Waals surface area contributed by atoms with E-state index in [1.807, 2.05) is 13.8 Å². The third-order valence-corrected chi connectivity index (χ3v) is 1.65. The van der Waals surface area contributed by atoms with Gasteiger partial charge in [-0.05, 0) is 20.0 Å². The van der Waals surface area contributed by atoms with Crippen LogP contribution in [0.15, 0.2) is 0 Å². The Morgan fingerprint density at radius 1 is 1.20 bits per heavy atom. The Morgan fingerprint density at radius 3 is 1.53 bits per heavy atom. The van der Waals surface area contributed by atoms with Crippen LogP contribution in [0.25, 0.3) is 0 Å². The molecule has 1 unspecified atom stereocenters. The van der Waals surface area contributed by atoms with E-state index < -0.39 is 5.97 Å². The minimum atomic E-state index is -0.750. The number of carboxylic acids is 1. The van der Waals surface area contributed by atoms with Gasteiger partial charge in [-0.3, -0.25) is 14.5 Å². The van der Waals surface area contributed by atoms with Gasteiger partial charge in [0.2, 0.25) is 6.41 Å². The first kappa shape index (κ1) is 16.3. The van der Waals surface area contributed by atoms with Crippen molar-refractivity contribution in [2.75, 3.05) is 28.2 Å². The first-order valence-electron chi connectivity index (χ1n) is 4.75. The summed E-state index contributed by atoms with van der Waals surface area (Å²) in [6.45, 7) is 3.80. The van der Waals surface area contributed by atoms with Gasteiger partial charge in [-0.15, -0.1) is 0 Å². The number of hydrogen-bond acceptors (Lipinski definition) is 3. The highest BCUT2D eigenvalue weighted by Gasteiger charge is 2.22. The molecule has 0 aliphatic rings. The fraction of sp³-hybridized carbons (Fsp3) is 0.800. The molecule has 0 heterocycles. The lowest BCUT2D eigenvalue weighted by Crippen LogP contribution is -2.39. The maximum atomic E-state index is 10.5. The van der Waals surface area contributed by atoms with E-state index in [0.717, 1.165) is 6.41 Å². The van der Waals surface area contributed by atoms with Crippen molar-refractivity contribution in [1.29, 1.82) is 0 Å². The van der Waals surface area contributed by atoms with Gasteiger partial charge in [0.1, 0.15) is 6.04 Å². The summed E-state index contributed by atoms with van der Waals surface area (Å²) >= 11 is 0. The van der Waals surface area contributed by atoms with E-state index in [1.165, 1.54) is 4.90 Å². The number of rotatable bonds is 4. The summed E-state index contributed by atoms with van der Waals surface area (Å²) in [5, 5.41) is 8.67. The average Bonchev–Trinajstić information content (AvgIpc) is 2.02. The van der Waals surface area contributed by atoms with Crippen molar-refractivity contribution in [2.24, 2.45) is 5.92 Å². The minimum absolute atomic E-state index is 0.160. The number of carbonyl (C=O) groups is 2. The Kier molecular flexibility index (Phi) is 8.96. The number of carboxylic acid groups (broad SMARTS) is 1. The summed E-state index contributed by atoms with van der Waals surface area (Å²) < 4.78 is 0. The van der Waals surface area contributed by atoms with Crippen LogP contribution in [0.1, 0.15) is 13.8 Å². The maximum absolute atomic E-state index is 10.5. The lowest BCUT2D eigenvalue weighted by molar-refractivity contribution is -0.143. The molecule has 0 saturated carbocycles. The van der Waals surface area contributed by atoms with Crippen LogP contribution in [0.5, 0.6) is 0 Å². The van der Waals surface area contributed by atoms with Gasteiger partial charge in [-0.25, -0.2) is 0 Å². The standard InChI is InChI=1S/C7H15NO2.C3H7NO/c1-5(2)6(7(9)10)8(3)4;1-4(2)3-5/h5-6H,1-4H3,(H,9,10);3H,1-2H3. The number of amides is 1. The van der Waals surface area contributed by atoms with Crippen molar-refractivity contribution in [3.63, 3.8) is 0 Å². The third-order valence-electron chi connectivity index (χ3n) is 1.65. The van der Waals surface area contributed by atoms with Gasteiger partial charge in [0, 0.05) is 14.1 Å². The van der Waals surface area contributed by atoms with Crippen molar-refractivity contribution < 1.29 is 14.7 Å². The Hall–Kier alpha value is -1.10. The van der Waals surface area contributed by atoms with Crippen molar-refractivity contribution in [2.45, 2.75) is 19.9 Å². The van der Waals surface area contributed by atoms with Gasteiger partial charge in [-0.1, -0.05) is 13.8 Å². The van der Waals surface area contributed by atoms with Crippen LogP contribution in [0.3, 0.4) is 0 Å². The van der Waals surface area contributed by atoms with Crippen LogP contribution in [0.4, 0.5) is 0 Å². The normalized spacial score (nSPS) is 11.7. The predicted octanol–water partition coefficient (Wildman–Crippen LogP) is 0.362. The first-order chi connectivity index (χ1) is 6.73. The number of carbonyl (C=O) groups excluding carboxylic acids is 1. The molecule has 0 radical (unpaired) electrons. The second-order valence-corrected chi connectivity index (χ2v) is 4.06. The van der Waals surface area contributed by atoms with Gasteiger partial charge < -0.3 is 10.0 Å². The van der Waals surface area contributed by atoms with E-state index in [9.17, 15) is 9.59 Å². The monoisotopic (exact) mass is 218 g/mol. The SMILES string of the molecule is CC(C)C(C(=O)O)N(C)C.CN(C)C=O. The maximum Gasteiger partial charge on any atom is 0.321 e. The van der Waals surface area contributed by atoms with Crippen LogP contribution < -0.4 is 0 Å². The molecule has 0 bridgehead atoms. The first-order valence-corrected chi connectivity index (χ1v) is 4.75. The molecule has 0 saturated heterocycles. The van der Waals surface area contributed by atoms with E-state index in [2.05, 4.69) is 0 Å². The van der Waals surface area contributed by atoms with E-state index in [4.69, 9.17) is 5.11 Å². The quantitative estimate of drug-likeness (QED) is 0.692. The molecule has 1 atom stereocenters. The Labute approximate surface area is 91.7 Å². The lowest BCUT2D eigenvalue weighted by atomic mass is 10.0. The molecular weight excluding hydrogens is 196 g/mol. The molecular formula is C10H22N2O3. The lowest BCUT2D eigenvalue weighted by Gasteiger charge is -2.22. The summed E-state index contributed by atoms with van der Waals surface area (Å²) in [5.41, 5.74) is 0.